The number of amides is 1. The van der Waals surface area contributed by atoms with Gasteiger partial charge in [0.05, 0.1) is 24.7 Å². The van der Waals surface area contributed by atoms with Crippen molar-refractivity contribution in [2.75, 3.05) is 31.6 Å². The molecule has 1 saturated carbocycles. The molecule has 10 heteroatoms. The van der Waals surface area contributed by atoms with Crippen LogP contribution in [0, 0.1) is 5.41 Å². The van der Waals surface area contributed by atoms with Crippen LogP contribution in [-0.2, 0) is 20.9 Å². The molecule has 2 aliphatic rings. The summed E-state index contributed by atoms with van der Waals surface area (Å²) >= 11 is 0. The second-order valence-electron chi connectivity index (χ2n) is 9.41. The second kappa shape index (κ2) is 9.63. The summed E-state index contributed by atoms with van der Waals surface area (Å²) in [5.41, 5.74) is 7.13. The van der Waals surface area contributed by atoms with Gasteiger partial charge in [0.1, 0.15) is 5.65 Å². The average molecular weight is 479 g/mol. The zero-order valence-electron chi connectivity index (χ0n) is 19.5. The van der Waals surface area contributed by atoms with Crippen LogP contribution in [0.25, 0.3) is 11.0 Å². The van der Waals surface area contributed by atoms with Crippen molar-refractivity contribution in [3.8, 4) is 0 Å². The summed E-state index contributed by atoms with van der Waals surface area (Å²) in [5, 5.41) is 14.1. The lowest BCUT2D eigenvalue weighted by Gasteiger charge is -2.44. The molecule has 0 radical (unpaired) electrons. The quantitative estimate of drug-likeness (QED) is 0.427. The van der Waals surface area contributed by atoms with Crippen LogP contribution >= 0.6 is 0 Å². The molecule has 5 rings (SSSR count). The van der Waals surface area contributed by atoms with E-state index in [0.29, 0.717) is 24.4 Å². The first-order chi connectivity index (χ1) is 16.9. The number of carboxylic acid groups (broad SMARTS) is 1. The highest BCUT2D eigenvalue weighted by atomic mass is 16.5. The number of hydrogen-bond acceptors (Lipinski definition) is 7. The lowest BCUT2D eigenvalue weighted by atomic mass is 9.63. The summed E-state index contributed by atoms with van der Waals surface area (Å²) in [6, 6.07) is 9.35. The fourth-order valence-corrected chi connectivity index (χ4v) is 5.14. The molecule has 184 valence electrons. The Kier molecular flexibility index (Phi) is 6.40. The Morgan fingerprint density at radius 3 is 2.71 bits per heavy atom. The molecule has 35 heavy (non-hydrogen) atoms. The number of benzene rings is 1. The van der Waals surface area contributed by atoms with Crippen LogP contribution in [0.15, 0.2) is 42.7 Å². The Bertz CT molecular complexity index is 1230. The van der Waals surface area contributed by atoms with Gasteiger partial charge in [0.2, 0.25) is 11.9 Å². The molecule has 1 aromatic carbocycles. The number of carbonyl (C=O) groups excluding carboxylic acids is 1. The van der Waals surface area contributed by atoms with Crippen molar-refractivity contribution < 1.29 is 19.4 Å². The summed E-state index contributed by atoms with van der Waals surface area (Å²) in [6.45, 7) is 4.18. The molecule has 1 aliphatic carbocycles. The highest BCUT2D eigenvalue weighted by Gasteiger charge is 2.52. The molecule has 2 aromatic heterocycles. The number of anilines is 2. The molecule has 0 spiro atoms. The molecular formula is C25H30N6O4. The summed E-state index contributed by atoms with van der Waals surface area (Å²) in [7, 11) is 0. The van der Waals surface area contributed by atoms with Crippen molar-refractivity contribution in [1.29, 1.82) is 0 Å². The van der Waals surface area contributed by atoms with Gasteiger partial charge in [-0.1, -0.05) is 18.6 Å². The van der Waals surface area contributed by atoms with E-state index in [0.717, 1.165) is 50.3 Å². The molecule has 2 fully saturated rings. The highest BCUT2D eigenvalue weighted by molar-refractivity contribution is 5.82. The summed E-state index contributed by atoms with van der Waals surface area (Å²) in [5.74, 6) is -1.04. The van der Waals surface area contributed by atoms with Crippen molar-refractivity contribution >= 4 is 34.5 Å². The van der Waals surface area contributed by atoms with Gasteiger partial charge in [0.25, 0.3) is 0 Å². The van der Waals surface area contributed by atoms with Gasteiger partial charge in [-0.15, -0.1) is 0 Å². The van der Waals surface area contributed by atoms with Crippen molar-refractivity contribution in [1.82, 2.24) is 19.4 Å². The van der Waals surface area contributed by atoms with Crippen LogP contribution in [0.1, 0.15) is 37.3 Å². The van der Waals surface area contributed by atoms with Gasteiger partial charge in [0, 0.05) is 49.5 Å². The number of morpholine rings is 1. The minimum atomic E-state index is -1.02. The molecule has 3 aromatic rings. The molecular weight excluding hydrogens is 448 g/mol. The smallest absolute Gasteiger partial charge is 0.311 e. The topological polar surface area (TPSA) is 136 Å². The zero-order valence-corrected chi connectivity index (χ0v) is 19.5. The Hall–Kier alpha value is -3.50. The van der Waals surface area contributed by atoms with E-state index in [1.54, 1.807) is 17.0 Å². The molecule has 1 atom stereocenters. The molecule has 1 saturated heterocycles. The van der Waals surface area contributed by atoms with Gasteiger partial charge >= 0.3 is 5.97 Å². The number of fused-ring (bicyclic) bond motifs is 1. The van der Waals surface area contributed by atoms with E-state index >= 15 is 0 Å². The number of rotatable bonds is 9. The number of nitrogens with two attached hydrogens (primary N) is 1. The molecule has 1 amide bonds. The van der Waals surface area contributed by atoms with Gasteiger partial charge in [-0.25, -0.2) is 4.98 Å². The van der Waals surface area contributed by atoms with Crippen molar-refractivity contribution in [2.45, 2.75) is 38.3 Å². The summed E-state index contributed by atoms with van der Waals surface area (Å²) in [4.78, 5) is 35.6. The number of carbonyl (C=O) groups is 2. The van der Waals surface area contributed by atoms with Gasteiger partial charge in [0.15, 0.2) is 0 Å². The van der Waals surface area contributed by atoms with E-state index < -0.39 is 23.3 Å². The van der Waals surface area contributed by atoms with E-state index in [-0.39, 0.29) is 6.42 Å². The monoisotopic (exact) mass is 478 g/mol. The Balaban J connectivity index is 1.42. The largest absolute Gasteiger partial charge is 0.481 e. The maximum atomic E-state index is 12.2. The van der Waals surface area contributed by atoms with Crippen LogP contribution < -0.4 is 11.1 Å². The number of aliphatic carboxylic acids is 1. The van der Waals surface area contributed by atoms with Crippen LogP contribution in [0.2, 0.25) is 0 Å². The number of primary amides is 1. The Morgan fingerprint density at radius 1 is 1.23 bits per heavy atom. The predicted molar refractivity (Wildman–Crippen MR) is 130 cm³/mol. The van der Waals surface area contributed by atoms with Crippen molar-refractivity contribution in [2.24, 2.45) is 11.1 Å². The van der Waals surface area contributed by atoms with Gasteiger partial charge in [-0.2, -0.15) is 4.98 Å². The van der Waals surface area contributed by atoms with Gasteiger partial charge < -0.3 is 25.5 Å². The fourth-order valence-electron chi connectivity index (χ4n) is 5.14. The van der Waals surface area contributed by atoms with Crippen molar-refractivity contribution in [3.05, 3.63) is 48.3 Å². The maximum absolute atomic E-state index is 12.2. The van der Waals surface area contributed by atoms with E-state index in [1.165, 1.54) is 5.56 Å². The third kappa shape index (κ3) is 4.71. The molecule has 10 nitrogen and oxygen atoms in total. The number of hydrogen-bond donors (Lipinski definition) is 3. The third-order valence-corrected chi connectivity index (χ3v) is 7.19. The molecule has 1 aliphatic heterocycles. The van der Waals surface area contributed by atoms with Gasteiger partial charge in [-0.05, 0) is 36.6 Å². The number of aromatic nitrogens is 3. The second-order valence-corrected chi connectivity index (χ2v) is 9.41. The standard InChI is InChI=1S/C25H30N6O4/c26-21(32)14-20(25(23(33)34)6-2-7-25)31-8-5-18-15-27-24(29-22(18)31)28-19-4-1-3-17(13-19)16-30-9-11-35-12-10-30/h1,3-5,8,13,15,20H,2,6-7,9-12,14,16H2,(H2,26,32)(H,33,34)(H,27,28,29). The number of nitrogens with one attached hydrogen (secondary N) is 1. The molecule has 4 N–H and O–H groups in total. The average Bonchev–Trinajstić information content (AvgIpc) is 3.21. The van der Waals surface area contributed by atoms with Crippen LogP contribution in [0.4, 0.5) is 11.6 Å². The third-order valence-electron chi connectivity index (χ3n) is 7.19. The van der Waals surface area contributed by atoms with E-state index in [2.05, 4.69) is 27.3 Å². The van der Waals surface area contributed by atoms with Crippen molar-refractivity contribution in [3.63, 3.8) is 0 Å². The Labute approximate surface area is 203 Å². The molecule has 1 unspecified atom stereocenters. The zero-order chi connectivity index (χ0) is 24.4. The normalized spacial score (nSPS) is 18.6. The minimum absolute atomic E-state index is 0.0631. The predicted octanol–water partition coefficient (Wildman–Crippen LogP) is 2.68. The van der Waals surface area contributed by atoms with E-state index in [4.69, 9.17) is 15.5 Å². The first-order valence-corrected chi connectivity index (χ1v) is 12.0. The summed E-state index contributed by atoms with van der Waals surface area (Å²) in [6.07, 6.45) is 5.24. The first kappa shape index (κ1) is 23.3. The summed E-state index contributed by atoms with van der Waals surface area (Å²) < 4.78 is 7.22. The first-order valence-electron chi connectivity index (χ1n) is 12.0. The fraction of sp³-hybridized carbons (Fsp3) is 0.440. The maximum Gasteiger partial charge on any atom is 0.311 e. The number of ether oxygens (including phenoxy) is 1. The lowest BCUT2D eigenvalue weighted by Crippen LogP contribution is -2.46. The van der Waals surface area contributed by atoms with Gasteiger partial charge in [-0.3, -0.25) is 14.5 Å². The number of nitrogens with zero attached hydrogens (tertiary/aromatic N) is 4. The lowest BCUT2D eigenvalue weighted by molar-refractivity contribution is -0.159. The van der Waals surface area contributed by atoms with Crippen LogP contribution in [0.5, 0.6) is 0 Å². The van der Waals surface area contributed by atoms with E-state index in [9.17, 15) is 14.7 Å². The number of carboxylic acids is 1. The minimum Gasteiger partial charge on any atom is -0.481 e. The van der Waals surface area contributed by atoms with E-state index in [1.807, 2.05) is 18.2 Å². The van der Waals surface area contributed by atoms with Crippen LogP contribution in [0.3, 0.4) is 0 Å². The van der Waals surface area contributed by atoms with Crippen LogP contribution in [-0.4, -0.2) is 62.7 Å². The Morgan fingerprint density at radius 2 is 2.03 bits per heavy atom. The highest BCUT2D eigenvalue weighted by Crippen LogP contribution is 2.51. The molecule has 3 heterocycles. The SMILES string of the molecule is NC(=O)CC(n1ccc2cnc(Nc3cccc(CN4CCOCC4)c3)nc21)C1(C(=O)O)CCC1. The molecule has 0 bridgehead atoms.